The van der Waals surface area contributed by atoms with Gasteiger partial charge in [-0.15, -0.1) is 0 Å². The third kappa shape index (κ3) is 75.3. The molecule has 0 aliphatic heterocycles. The van der Waals surface area contributed by atoms with E-state index in [4.69, 9.17) is 0 Å². The summed E-state index contributed by atoms with van der Waals surface area (Å²) >= 11 is 0. The Labute approximate surface area is 120 Å². The van der Waals surface area contributed by atoms with Gasteiger partial charge in [0.1, 0.15) is 0 Å². The zero-order chi connectivity index (χ0) is 16.0. The van der Waals surface area contributed by atoms with Crippen molar-refractivity contribution in [2.45, 2.75) is 102 Å². The highest BCUT2D eigenvalue weighted by Gasteiger charge is 2.07. The molecule has 0 aromatic rings. The van der Waals surface area contributed by atoms with Gasteiger partial charge in [-0.05, 0) is 18.8 Å². The van der Waals surface area contributed by atoms with E-state index in [-0.39, 0.29) is 0 Å². The smallest absolute Gasteiger partial charge is 0.0178 e. The first-order valence-corrected chi connectivity index (χ1v) is 8.09. The van der Waals surface area contributed by atoms with Crippen LogP contribution in [0.2, 0.25) is 0 Å². The summed E-state index contributed by atoms with van der Waals surface area (Å²) in [6, 6.07) is 0. The second-order valence-corrected chi connectivity index (χ2v) is 4.26. The van der Waals surface area contributed by atoms with E-state index in [1.807, 2.05) is 27.7 Å². The molecule has 0 unspecified atom stereocenters. The first kappa shape index (κ1) is 30.6. The third-order valence-electron chi connectivity index (χ3n) is 1.53. The van der Waals surface area contributed by atoms with Gasteiger partial charge >= 0.3 is 0 Å². The molecule has 0 rings (SSSR count). The minimum Gasteiger partial charge on any atom is -0.0911 e. The molecule has 0 aromatic carbocycles. The van der Waals surface area contributed by atoms with Crippen molar-refractivity contribution >= 4 is 0 Å². The number of hydrogen-bond donors (Lipinski definition) is 0. The first-order valence-electron chi connectivity index (χ1n) is 8.09. The van der Waals surface area contributed by atoms with E-state index in [0.29, 0.717) is 5.41 Å². The van der Waals surface area contributed by atoms with E-state index in [0.717, 1.165) is 0 Å². The van der Waals surface area contributed by atoms with Crippen LogP contribution in [0.1, 0.15) is 102 Å². The molecule has 0 bridgehead atoms. The zero-order valence-electron chi connectivity index (χ0n) is 15.8. The van der Waals surface area contributed by atoms with Crippen LogP contribution in [-0.2, 0) is 0 Å². The Morgan fingerprint density at radius 2 is 0.944 bits per heavy atom. The van der Waals surface area contributed by atoms with Gasteiger partial charge in [0.15, 0.2) is 0 Å². The Morgan fingerprint density at radius 3 is 1.00 bits per heavy atom. The van der Waals surface area contributed by atoms with Crippen molar-refractivity contribution in [2.75, 3.05) is 0 Å². The fraction of sp³-hybridized carbons (Fsp3) is 0.889. The maximum Gasteiger partial charge on any atom is -0.0178 e. The lowest BCUT2D eigenvalue weighted by Gasteiger charge is -2.15. The van der Waals surface area contributed by atoms with Gasteiger partial charge in [-0.2, -0.15) is 0 Å². The molecular weight excluding hydrogens is 216 g/mol. The van der Waals surface area contributed by atoms with E-state index >= 15 is 0 Å². The molecule has 0 N–H and O–H groups in total. The highest BCUT2D eigenvalue weighted by molar-refractivity contribution is 4.91. The summed E-state index contributed by atoms with van der Waals surface area (Å²) in [6.07, 6.45) is 8.08. The fourth-order valence-electron chi connectivity index (χ4n) is 0.569. The predicted molar refractivity (Wildman–Crippen MR) is 93.5 cm³/mol. The van der Waals surface area contributed by atoms with E-state index in [1.165, 1.54) is 19.3 Å². The topological polar surface area (TPSA) is 0 Å². The summed E-state index contributed by atoms with van der Waals surface area (Å²) in [7, 11) is 0. The van der Waals surface area contributed by atoms with Gasteiger partial charge in [-0.25, -0.2) is 0 Å². The quantitative estimate of drug-likeness (QED) is 0.443. The van der Waals surface area contributed by atoms with Crippen molar-refractivity contribution in [3.8, 4) is 0 Å². The fourth-order valence-corrected chi connectivity index (χ4v) is 0.569. The van der Waals surface area contributed by atoms with Crippen molar-refractivity contribution in [2.24, 2.45) is 5.41 Å². The van der Waals surface area contributed by atoms with Crippen molar-refractivity contribution in [1.82, 2.24) is 0 Å². The molecule has 0 fully saturated rings. The van der Waals surface area contributed by atoms with E-state index < -0.39 is 0 Å². The normalized spacial score (nSPS) is 8.44. The maximum absolute atomic E-state index is 2.24. The van der Waals surface area contributed by atoms with Crippen LogP contribution in [-0.4, -0.2) is 0 Å². The molecular formula is C18H44. The number of allylic oxidation sites excluding steroid dienone is 2. The Kier molecular flexibility index (Phi) is 61.2. The molecule has 0 radical (unpaired) electrons. The highest BCUT2D eigenvalue weighted by atomic mass is 14.1. The second-order valence-electron chi connectivity index (χ2n) is 4.26. The van der Waals surface area contributed by atoms with Crippen LogP contribution in [0.3, 0.4) is 0 Å². The second kappa shape index (κ2) is 36.0. The number of hydrogen-bond acceptors (Lipinski definition) is 0. The van der Waals surface area contributed by atoms with Gasteiger partial charge in [0, 0.05) is 0 Å². The lowest BCUT2D eigenvalue weighted by molar-refractivity contribution is 0.461. The van der Waals surface area contributed by atoms with Gasteiger partial charge in [-0.1, -0.05) is 101 Å². The zero-order valence-corrected chi connectivity index (χ0v) is 15.8. The Bertz CT molecular complexity index is 96.6. The summed E-state index contributed by atoms with van der Waals surface area (Å²) in [4.78, 5) is 0. The Balaban J connectivity index is -0.0000000473. The molecule has 0 aliphatic rings. The average molecular weight is 261 g/mol. The van der Waals surface area contributed by atoms with Crippen LogP contribution in [0.5, 0.6) is 0 Å². The summed E-state index contributed by atoms with van der Waals surface area (Å²) in [6.45, 7) is 25.3. The van der Waals surface area contributed by atoms with Crippen molar-refractivity contribution < 1.29 is 0 Å². The number of rotatable bonds is 2. The molecule has 0 saturated heterocycles. The summed E-state index contributed by atoms with van der Waals surface area (Å²) in [5.74, 6) is 0. The summed E-state index contributed by atoms with van der Waals surface area (Å²) in [5.41, 5.74) is 0.411. The highest BCUT2D eigenvalue weighted by Crippen LogP contribution is 2.20. The Hall–Kier alpha value is -0.260. The van der Waals surface area contributed by atoms with Crippen molar-refractivity contribution in [3.63, 3.8) is 0 Å². The van der Waals surface area contributed by atoms with Gasteiger partial charge in [0.25, 0.3) is 0 Å². The van der Waals surface area contributed by atoms with Gasteiger partial charge in [0.2, 0.25) is 0 Å². The first-order chi connectivity index (χ1) is 8.45. The van der Waals surface area contributed by atoms with E-state index in [9.17, 15) is 0 Å². The van der Waals surface area contributed by atoms with Crippen LogP contribution < -0.4 is 0 Å². The molecule has 0 aliphatic carbocycles. The lowest BCUT2D eigenvalue weighted by Crippen LogP contribution is -2.03. The largest absolute Gasteiger partial charge is 0.0911 e. The average Bonchev–Trinajstić information content (AvgIpc) is 2.36. The van der Waals surface area contributed by atoms with Crippen LogP contribution in [0.15, 0.2) is 12.2 Å². The SMILES string of the molecule is CC.CC.CC=CC(C)(C)CC.CCC.CCC. The monoisotopic (exact) mass is 260 g/mol. The Morgan fingerprint density at radius 1 is 0.722 bits per heavy atom. The van der Waals surface area contributed by atoms with Crippen molar-refractivity contribution in [1.29, 1.82) is 0 Å². The molecule has 0 saturated carbocycles. The van der Waals surface area contributed by atoms with Crippen LogP contribution in [0, 0.1) is 5.41 Å². The lowest BCUT2D eigenvalue weighted by atomic mass is 9.90. The molecule has 0 nitrogen and oxygen atoms in total. The van der Waals surface area contributed by atoms with Crippen LogP contribution in [0.25, 0.3) is 0 Å². The van der Waals surface area contributed by atoms with Gasteiger partial charge in [0.05, 0.1) is 0 Å². The molecule has 116 valence electrons. The molecule has 0 heteroatoms. The molecule has 0 aromatic heterocycles. The van der Waals surface area contributed by atoms with E-state index in [2.05, 4.69) is 67.5 Å². The van der Waals surface area contributed by atoms with Crippen LogP contribution in [0.4, 0.5) is 0 Å². The van der Waals surface area contributed by atoms with E-state index in [1.54, 1.807) is 0 Å². The minimum absolute atomic E-state index is 0.411. The molecule has 0 amide bonds. The predicted octanol–water partition coefficient (Wildman–Crippen LogP) is 7.88. The maximum atomic E-state index is 2.24. The third-order valence-corrected chi connectivity index (χ3v) is 1.53. The standard InChI is InChI=1S/C8H16.2C3H8.2C2H6/c1-5-7-8(3,4)6-2;2*1-3-2;2*1-2/h5,7H,6H2,1-4H3;2*3H2,1-2H3;2*1-2H3. The van der Waals surface area contributed by atoms with Gasteiger partial charge in [-0.3, -0.25) is 0 Å². The van der Waals surface area contributed by atoms with Gasteiger partial charge < -0.3 is 0 Å². The molecule has 18 heavy (non-hydrogen) atoms. The molecule has 0 spiro atoms. The minimum atomic E-state index is 0.411. The summed E-state index contributed by atoms with van der Waals surface area (Å²) in [5, 5.41) is 0. The summed E-state index contributed by atoms with van der Waals surface area (Å²) < 4.78 is 0. The van der Waals surface area contributed by atoms with Crippen molar-refractivity contribution in [3.05, 3.63) is 12.2 Å². The molecule has 0 heterocycles. The molecule has 0 atom stereocenters. The van der Waals surface area contributed by atoms with Crippen LogP contribution >= 0.6 is 0 Å².